The molecule has 1 saturated heterocycles. The van der Waals surface area contributed by atoms with Crippen LogP contribution in [0.2, 0.25) is 0 Å². The molecule has 32 heavy (non-hydrogen) atoms. The molecule has 9 heteroatoms. The SMILES string of the molecule is Cc1nc2c(O)cccn2c(=O)c1CCN1CCC(c2noc3cc(F)ccc23)CC1.Cl. The quantitative estimate of drug-likeness (QED) is 0.500. The van der Waals surface area contributed by atoms with E-state index >= 15 is 0 Å². The lowest BCUT2D eigenvalue weighted by Crippen LogP contribution is -2.35. The molecule has 4 heterocycles. The van der Waals surface area contributed by atoms with E-state index in [9.17, 15) is 14.3 Å². The van der Waals surface area contributed by atoms with Gasteiger partial charge in [0.1, 0.15) is 5.82 Å². The van der Waals surface area contributed by atoms with Crippen LogP contribution >= 0.6 is 12.4 Å². The van der Waals surface area contributed by atoms with E-state index in [1.54, 1.807) is 18.3 Å². The number of nitrogens with zero attached hydrogens (tertiary/aromatic N) is 4. The summed E-state index contributed by atoms with van der Waals surface area (Å²) in [5.74, 6) is -0.0466. The fraction of sp³-hybridized carbons (Fsp3) is 0.348. The Labute approximate surface area is 189 Å². The first-order chi connectivity index (χ1) is 15.0. The largest absolute Gasteiger partial charge is 0.504 e. The third-order valence-electron chi connectivity index (χ3n) is 6.25. The highest BCUT2D eigenvalue weighted by Gasteiger charge is 2.25. The Morgan fingerprint density at radius 3 is 2.81 bits per heavy atom. The van der Waals surface area contributed by atoms with E-state index in [0.29, 0.717) is 23.3 Å². The summed E-state index contributed by atoms with van der Waals surface area (Å²) >= 11 is 0. The molecule has 1 N–H and O–H groups in total. The molecule has 0 amide bonds. The second kappa shape index (κ2) is 8.88. The van der Waals surface area contributed by atoms with Gasteiger partial charge in [0.25, 0.3) is 5.56 Å². The summed E-state index contributed by atoms with van der Waals surface area (Å²) in [4.78, 5) is 19.6. The molecule has 0 saturated carbocycles. The van der Waals surface area contributed by atoms with Crippen molar-refractivity contribution in [1.29, 1.82) is 0 Å². The Hall–Kier alpha value is -2.97. The molecule has 7 nitrogen and oxygen atoms in total. The van der Waals surface area contributed by atoms with Crippen molar-refractivity contribution in [1.82, 2.24) is 19.4 Å². The molecule has 5 rings (SSSR count). The van der Waals surface area contributed by atoms with Gasteiger partial charge in [0, 0.05) is 41.4 Å². The summed E-state index contributed by atoms with van der Waals surface area (Å²) in [5, 5.41) is 15.1. The first-order valence-electron chi connectivity index (χ1n) is 10.5. The summed E-state index contributed by atoms with van der Waals surface area (Å²) < 4.78 is 20.1. The fourth-order valence-electron chi connectivity index (χ4n) is 4.50. The van der Waals surface area contributed by atoms with Crippen molar-refractivity contribution in [3.63, 3.8) is 0 Å². The summed E-state index contributed by atoms with van der Waals surface area (Å²) in [6.07, 6.45) is 4.10. The van der Waals surface area contributed by atoms with Crippen LogP contribution in [0.3, 0.4) is 0 Å². The van der Waals surface area contributed by atoms with Crippen molar-refractivity contribution < 1.29 is 14.0 Å². The van der Waals surface area contributed by atoms with Gasteiger partial charge in [-0.15, -0.1) is 12.4 Å². The van der Waals surface area contributed by atoms with Crippen molar-refractivity contribution in [2.45, 2.75) is 32.1 Å². The van der Waals surface area contributed by atoms with Gasteiger partial charge in [0.15, 0.2) is 17.0 Å². The Bertz CT molecular complexity index is 1330. The third kappa shape index (κ3) is 3.96. The highest BCUT2D eigenvalue weighted by atomic mass is 35.5. The van der Waals surface area contributed by atoms with Crippen LogP contribution in [0.4, 0.5) is 4.39 Å². The lowest BCUT2D eigenvalue weighted by Gasteiger charge is -2.31. The maximum Gasteiger partial charge on any atom is 0.261 e. The van der Waals surface area contributed by atoms with E-state index in [1.165, 1.54) is 22.6 Å². The standard InChI is InChI=1S/C23H23FN4O3.ClH/c1-14-17(23(30)28-9-2-3-19(29)22(28)25-14)8-12-27-10-6-15(7-11-27)21-18-5-4-16(24)13-20(18)31-26-21;/h2-5,9,13,15,29H,6-8,10-12H2,1H3;1H. The van der Waals surface area contributed by atoms with Crippen LogP contribution in [0.25, 0.3) is 16.6 Å². The average Bonchev–Trinajstić information content (AvgIpc) is 3.18. The number of piperidine rings is 1. The molecule has 0 atom stereocenters. The maximum absolute atomic E-state index is 13.4. The minimum atomic E-state index is -0.324. The Kier molecular flexibility index (Phi) is 6.17. The van der Waals surface area contributed by atoms with Crippen LogP contribution in [0, 0.1) is 12.7 Å². The molecule has 168 valence electrons. The van der Waals surface area contributed by atoms with E-state index in [-0.39, 0.29) is 41.1 Å². The molecule has 3 aromatic heterocycles. The lowest BCUT2D eigenvalue weighted by atomic mass is 9.91. The van der Waals surface area contributed by atoms with E-state index < -0.39 is 0 Å². The number of hydrogen-bond acceptors (Lipinski definition) is 6. The van der Waals surface area contributed by atoms with Crippen molar-refractivity contribution in [2.24, 2.45) is 0 Å². The topological polar surface area (TPSA) is 83.9 Å². The minimum Gasteiger partial charge on any atom is -0.504 e. The zero-order valence-corrected chi connectivity index (χ0v) is 18.4. The molecule has 0 spiro atoms. The average molecular weight is 459 g/mol. The molecule has 1 aromatic carbocycles. The number of aromatic hydroxyl groups is 1. The predicted octanol–water partition coefficient (Wildman–Crippen LogP) is 3.83. The van der Waals surface area contributed by atoms with Crippen LogP contribution in [-0.4, -0.2) is 44.2 Å². The number of pyridine rings is 1. The monoisotopic (exact) mass is 458 g/mol. The summed E-state index contributed by atoms with van der Waals surface area (Å²) in [7, 11) is 0. The number of benzene rings is 1. The number of aryl methyl sites for hydroxylation is 1. The smallest absolute Gasteiger partial charge is 0.261 e. The second-order valence-electron chi connectivity index (χ2n) is 8.14. The molecule has 0 unspecified atom stereocenters. The molecule has 0 bridgehead atoms. The van der Waals surface area contributed by atoms with Gasteiger partial charge in [-0.25, -0.2) is 9.37 Å². The van der Waals surface area contributed by atoms with Crippen LogP contribution in [-0.2, 0) is 6.42 Å². The van der Waals surface area contributed by atoms with Gasteiger partial charge in [-0.3, -0.25) is 9.20 Å². The molecule has 1 aliphatic rings. The number of likely N-dealkylation sites (tertiary alicyclic amines) is 1. The molecular weight excluding hydrogens is 435 g/mol. The van der Waals surface area contributed by atoms with E-state index in [2.05, 4.69) is 15.0 Å². The highest BCUT2D eigenvalue weighted by Crippen LogP contribution is 2.32. The first kappa shape index (κ1) is 22.2. The number of rotatable bonds is 4. The number of aromatic nitrogens is 3. The van der Waals surface area contributed by atoms with Crippen molar-refractivity contribution >= 4 is 29.0 Å². The predicted molar refractivity (Wildman–Crippen MR) is 121 cm³/mol. The van der Waals surface area contributed by atoms with Crippen LogP contribution in [0.5, 0.6) is 5.75 Å². The van der Waals surface area contributed by atoms with Crippen molar-refractivity contribution in [3.8, 4) is 5.75 Å². The number of halogens is 2. The Morgan fingerprint density at radius 2 is 2.03 bits per heavy atom. The van der Waals surface area contributed by atoms with Crippen molar-refractivity contribution in [2.75, 3.05) is 19.6 Å². The van der Waals surface area contributed by atoms with Gasteiger partial charge >= 0.3 is 0 Å². The van der Waals surface area contributed by atoms with Gasteiger partial charge < -0.3 is 14.5 Å². The highest BCUT2D eigenvalue weighted by molar-refractivity contribution is 5.85. The molecule has 1 aliphatic heterocycles. The Balaban J connectivity index is 0.00000245. The zero-order chi connectivity index (χ0) is 21.5. The van der Waals surface area contributed by atoms with Gasteiger partial charge in [0.2, 0.25) is 0 Å². The van der Waals surface area contributed by atoms with Crippen LogP contribution < -0.4 is 5.56 Å². The zero-order valence-electron chi connectivity index (χ0n) is 17.6. The van der Waals surface area contributed by atoms with Crippen molar-refractivity contribution in [3.05, 3.63) is 69.7 Å². The van der Waals surface area contributed by atoms with Gasteiger partial charge in [-0.1, -0.05) is 5.16 Å². The van der Waals surface area contributed by atoms with E-state index in [1.807, 2.05) is 6.92 Å². The van der Waals surface area contributed by atoms with Gasteiger partial charge in [-0.2, -0.15) is 0 Å². The minimum absolute atomic E-state index is 0. The molecule has 4 aromatic rings. The molecular formula is C23H24ClFN4O3. The number of hydrogen-bond donors (Lipinski definition) is 1. The van der Waals surface area contributed by atoms with Crippen LogP contribution in [0.15, 0.2) is 45.8 Å². The second-order valence-corrected chi connectivity index (χ2v) is 8.14. The maximum atomic E-state index is 13.4. The molecule has 1 fully saturated rings. The first-order valence-corrected chi connectivity index (χ1v) is 10.5. The van der Waals surface area contributed by atoms with Crippen LogP contribution in [0.1, 0.15) is 35.7 Å². The Morgan fingerprint density at radius 1 is 1.25 bits per heavy atom. The normalized spacial score (nSPS) is 15.3. The molecule has 0 radical (unpaired) electrons. The summed E-state index contributed by atoms with van der Waals surface area (Å²) in [6.45, 7) is 4.36. The molecule has 0 aliphatic carbocycles. The van der Waals surface area contributed by atoms with E-state index in [4.69, 9.17) is 4.52 Å². The number of fused-ring (bicyclic) bond motifs is 2. The summed E-state index contributed by atoms with van der Waals surface area (Å²) in [5.41, 5.74) is 2.88. The lowest BCUT2D eigenvalue weighted by molar-refractivity contribution is 0.211. The fourth-order valence-corrected chi connectivity index (χ4v) is 4.50. The third-order valence-corrected chi connectivity index (χ3v) is 6.25. The summed E-state index contributed by atoms with van der Waals surface area (Å²) in [6, 6.07) is 7.72. The van der Waals surface area contributed by atoms with Gasteiger partial charge in [-0.05, 0) is 63.5 Å². The van der Waals surface area contributed by atoms with Gasteiger partial charge in [0.05, 0.1) is 5.69 Å². The van der Waals surface area contributed by atoms with E-state index in [0.717, 1.165) is 43.6 Å².